The van der Waals surface area contributed by atoms with Crippen LogP contribution in [0.25, 0.3) is 0 Å². The van der Waals surface area contributed by atoms with Gasteiger partial charge in [0, 0.05) is 0 Å². The van der Waals surface area contributed by atoms with Crippen LogP contribution in [0.2, 0.25) is 0 Å². The van der Waals surface area contributed by atoms with Gasteiger partial charge in [-0.15, -0.1) is 0 Å². The Kier molecular flexibility index (Phi) is 15.0. The molecule has 1 aliphatic heterocycles. The minimum absolute atomic E-state index is 0. The molecule has 1 aliphatic rings. The van der Waals surface area contributed by atoms with Crippen molar-refractivity contribution in [2.24, 2.45) is 0 Å². The van der Waals surface area contributed by atoms with Gasteiger partial charge in [0.05, 0.1) is 0 Å². The van der Waals surface area contributed by atoms with Crippen LogP contribution in [0.1, 0.15) is 12.8 Å². The van der Waals surface area contributed by atoms with E-state index in [1.807, 2.05) is 0 Å². The standard InChI is InChI=1S/C4H9N.C4H6.Li.H/c1-2-4-5-3-1;1-3-4-2;;/h5H,1-4H2;3-4H,1-2H2;;. The van der Waals surface area contributed by atoms with Crippen LogP contribution >= 0.6 is 0 Å². The van der Waals surface area contributed by atoms with Crippen LogP contribution in [-0.4, -0.2) is 32.0 Å². The SMILES string of the molecule is C1CCNC1.C=CC=C.[LiH]. The van der Waals surface area contributed by atoms with Crippen molar-refractivity contribution in [1.29, 1.82) is 0 Å². The number of nitrogens with one attached hydrogen (secondary N) is 1. The maximum absolute atomic E-state index is 3.36. The Hall–Kier alpha value is 0.0374. The molecule has 1 N–H and O–H groups in total. The van der Waals surface area contributed by atoms with Crippen molar-refractivity contribution in [3.05, 3.63) is 25.3 Å². The normalized spacial score (nSPS) is 14.0. The summed E-state index contributed by atoms with van der Waals surface area (Å²) < 4.78 is 0. The fourth-order valence-electron chi connectivity index (χ4n) is 0.625. The van der Waals surface area contributed by atoms with Gasteiger partial charge in [0.15, 0.2) is 0 Å². The van der Waals surface area contributed by atoms with E-state index in [2.05, 4.69) is 18.5 Å². The van der Waals surface area contributed by atoms with Crippen molar-refractivity contribution < 1.29 is 0 Å². The molecular formula is C8H16LiN. The van der Waals surface area contributed by atoms with Gasteiger partial charge in [-0.1, -0.05) is 25.3 Å². The minimum atomic E-state index is 0. The molecule has 10 heavy (non-hydrogen) atoms. The third-order valence-electron chi connectivity index (χ3n) is 1.12. The van der Waals surface area contributed by atoms with Crippen molar-refractivity contribution in [1.82, 2.24) is 5.32 Å². The third-order valence-corrected chi connectivity index (χ3v) is 1.12. The molecule has 0 aliphatic carbocycles. The molecule has 0 bridgehead atoms. The van der Waals surface area contributed by atoms with Crippen molar-refractivity contribution in [2.75, 3.05) is 13.1 Å². The van der Waals surface area contributed by atoms with E-state index in [1.165, 1.54) is 25.9 Å². The van der Waals surface area contributed by atoms with Gasteiger partial charge >= 0.3 is 18.9 Å². The summed E-state index contributed by atoms with van der Waals surface area (Å²) in [7, 11) is 0. The predicted molar refractivity (Wildman–Crippen MR) is 49.6 cm³/mol. The Morgan fingerprint density at radius 3 is 1.50 bits per heavy atom. The van der Waals surface area contributed by atoms with E-state index in [-0.39, 0.29) is 18.9 Å². The average Bonchev–Trinajstić information content (AvgIpc) is 2.43. The van der Waals surface area contributed by atoms with Gasteiger partial charge in [0.2, 0.25) is 0 Å². The number of rotatable bonds is 1. The van der Waals surface area contributed by atoms with Gasteiger partial charge in [-0.25, -0.2) is 0 Å². The summed E-state index contributed by atoms with van der Waals surface area (Å²) in [5, 5.41) is 3.22. The van der Waals surface area contributed by atoms with E-state index in [9.17, 15) is 0 Å². The van der Waals surface area contributed by atoms with Crippen LogP contribution < -0.4 is 5.32 Å². The topological polar surface area (TPSA) is 12.0 Å². The summed E-state index contributed by atoms with van der Waals surface area (Å²) in [6.45, 7) is 9.22. The second-order valence-corrected chi connectivity index (χ2v) is 1.93. The molecule has 1 fully saturated rings. The van der Waals surface area contributed by atoms with Crippen LogP contribution in [0, 0.1) is 0 Å². The second-order valence-electron chi connectivity index (χ2n) is 1.93. The number of allylic oxidation sites excluding steroid dienone is 2. The van der Waals surface area contributed by atoms with Crippen molar-refractivity contribution in [3.8, 4) is 0 Å². The van der Waals surface area contributed by atoms with Gasteiger partial charge in [0.1, 0.15) is 0 Å². The Bertz CT molecular complexity index is 63.7. The molecule has 2 heteroatoms. The fraction of sp³-hybridized carbons (Fsp3) is 0.500. The number of hydrogen-bond acceptors (Lipinski definition) is 1. The number of hydrogen-bond donors (Lipinski definition) is 1. The maximum atomic E-state index is 3.36. The summed E-state index contributed by atoms with van der Waals surface area (Å²) in [5.41, 5.74) is 0. The Morgan fingerprint density at radius 1 is 1.00 bits per heavy atom. The molecule has 0 unspecified atom stereocenters. The summed E-state index contributed by atoms with van der Waals surface area (Å²) in [6, 6.07) is 0. The van der Waals surface area contributed by atoms with E-state index in [4.69, 9.17) is 0 Å². The molecule has 0 aromatic heterocycles. The molecule has 1 rings (SSSR count). The molecule has 1 nitrogen and oxygen atoms in total. The van der Waals surface area contributed by atoms with E-state index in [0.717, 1.165) is 0 Å². The molecule has 0 atom stereocenters. The van der Waals surface area contributed by atoms with Crippen LogP contribution in [0.3, 0.4) is 0 Å². The van der Waals surface area contributed by atoms with Crippen molar-refractivity contribution in [3.63, 3.8) is 0 Å². The van der Waals surface area contributed by atoms with Gasteiger partial charge in [-0.2, -0.15) is 0 Å². The molecule has 1 heterocycles. The van der Waals surface area contributed by atoms with Crippen LogP contribution in [-0.2, 0) is 0 Å². The zero-order chi connectivity index (χ0) is 6.95. The molecule has 54 valence electrons. The quantitative estimate of drug-likeness (QED) is 0.417. The zero-order valence-corrected chi connectivity index (χ0v) is 5.90. The van der Waals surface area contributed by atoms with Gasteiger partial charge < -0.3 is 5.32 Å². The molecule has 0 spiro atoms. The van der Waals surface area contributed by atoms with E-state index in [1.54, 1.807) is 12.2 Å². The summed E-state index contributed by atoms with van der Waals surface area (Å²) >= 11 is 0. The Labute approximate surface area is 75.8 Å². The van der Waals surface area contributed by atoms with Crippen molar-refractivity contribution in [2.45, 2.75) is 12.8 Å². The molecule has 0 radical (unpaired) electrons. The Morgan fingerprint density at radius 2 is 1.40 bits per heavy atom. The first-order valence-electron chi connectivity index (χ1n) is 3.36. The average molecular weight is 133 g/mol. The van der Waals surface area contributed by atoms with Crippen LogP contribution in [0.5, 0.6) is 0 Å². The Balaban J connectivity index is 0. The first-order valence-corrected chi connectivity index (χ1v) is 3.36. The van der Waals surface area contributed by atoms with Crippen LogP contribution in [0.4, 0.5) is 0 Å². The molecule has 0 aromatic carbocycles. The van der Waals surface area contributed by atoms with Crippen molar-refractivity contribution >= 4 is 18.9 Å². The molecule has 0 amide bonds. The molecule has 0 saturated carbocycles. The zero-order valence-electron chi connectivity index (χ0n) is 5.90. The van der Waals surface area contributed by atoms with E-state index < -0.39 is 0 Å². The predicted octanol–water partition coefficient (Wildman–Crippen LogP) is 1.08. The van der Waals surface area contributed by atoms with Crippen LogP contribution in [0.15, 0.2) is 25.3 Å². The fourth-order valence-corrected chi connectivity index (χ4v) is 0.625. The third kappa shape index (κ3) is 10.9. The summed E-state index contributed by atoms with van der Waals surface area (Å²) in [4.78, 5) is 0. The molecular weight excluding hydrogens is 117 g/mol. The summed E-state index contributed by atoms with van der Waals surface area (Å²) in [6.07, 6.45) is 6.06. The van der Waals surface area contributed by atoms with Gasteiger partial charge in [0.25, 0.3) is 0 Å². The first kappa shape index (κ1) is 12.7. The van der Waals surface area contributed by atoms with Gasteiger partial charge in [-0.3, -0.25) is 0 Å². The molecule has 1 saturated heterocycles. The van der Waals surface area contributed by atoms with Gasteiger partial charge in [-0.05, 0) is 25.9 Å². The first-order chi connectivity index (χ1) is 4.41. The van der Waals surface area contributed by atoms with E-state index >= 15 is 0 Å². The molecule has 0 aromatic rings. The second kappa shape index (κ2) is 11.8. The van der Waals surface area contributed by atoms with E-state index in [0.29, 0.717) is 0 Å². The summed E-state index contributed by atoms with van der Waals surface area (Å²) in [5.74, 6) is 0. The monoisotopic (exact) mass is 133 g/mol.